The number of carboxylic acids is 1. The Kier molecular flexibility index (Phi) is 4.75. The lowest BCUT2D eigenvalue weighted by molar-refractivity contribution is -0.151. The molecule has 0 unspecified atom stereocenters. The molecule has 0 bridgehead atoms. The molecule has 0 spiro atoms. The van der Waals surface area contributed by atoms with E-state index in [1.165, 1.54) is 0 Å². The Balaban J connectivity index is 2.02. The van der Waals surface area contributed by atoms with Gasteiger partial charge in [0.25, 0.3) is 0 Å². The van der Waals surface area contributed by atoms with Crippen molar-refractivity contribution >= 4 is 5.97 Å². The second-order valence-electron chi connectivity index (χ2n) is 5.98. The van der Waals surface area contributed by atoms with Gasteiger partial charge in [0.1, 0.15) is 0 Å². The Hall–Kier alpha value is -1.43. The minimum atomic E-state index is -0.731. The van der Waals surface area contributed by atoms with Crippen LogP contribution in [-0.2, 0) is 17.6 Å². The SMILES string of the molecule is CN(C)CCc1noc(CC2(C(=O)O)CCCCC2)n1. The lowest BCUT2D eigenvalue weighted by Gasteiger charge is -2.31. The molecule has 1 saturated carbocycles. The van der Waals surface area contributed by atoms with Crippen molar-refractivity contribution in [2.75, 3.05) is 20.6 Å². The predicted octanol–water partition coefficient (Wildman–Crippen LogP) is 1.75. The molecule has 20 heavy (non-hydrogen) atoms. The summed E-state index contributed by atoms with van der Waals surface area (Å²) in [5.74, 6) is 0.387. The number of hydrogen-bond acceptors (Lipinski definition) is 5. The van der Waals surface area contributed by atoms with Crippen LogP contribution in [0.25, 0.3) is 0 Å². The Morgan fingerprint density at radius 1 is 1.35 bits per heavy atom. The third kappa shape index (κ3) is 3.56. The molecule has 0 saturated heterocycles. The average Bonchev–Trinajstić information content (AvgIpc) is 2.85. The van der Waals surface area contributed by atoms with Crippen LogP contribution in [0, 0.1) is 5.41 Å². The van der Waals surface area contributed by atoms with Crippen LogP contribution in [-0.4, -0.2) is 46.8 Å². The van der Waals surface area contributed by atoms with Gasteiger partial charge in [0, 0.05) is 19.4 Å². The minimum Gasteiger partial charge on any atom is -0.481 e. The highest BCUT2D eigenvalue weighted by atomic mass is 16.5. The molecule has 1 heterocycles. The van der Waals surface area contributed by atoms with Crippen LogP contribution in [0.15, 0.2) is 4.52 Å². The molecule has 0 atom stereocenters. The van der Waals surface area contributed by atoms with Gasteiger partial charge < -0.3 is 14.5 Å². The first-order valence-electron chi connectivity index (χ1n) is 7.21. The van der Waals surface area contributed by atoms with E-state index in [1.807, 2.05) is 14.1 Å². The molecule has 1 aliphatic rings. The summed E-state index contributed by atoms with van der Waals surface area (Å²) in [4.78, 5) is 18.0. The molecule has 0 aliphatic heterocycles. The number of aliphatic carboxylic acids is 1. The van der Waals surface area contributed by atoms with Crippen molar-refractivity contribution in [2.45, 2.75) is 44.9 Å². The highest BCUT2D eigenvalue weighted by molar-refractivity contribution is 5.75. The number of likely N-dealkylation sites (N-methyl/N-ethyl adjacent to an activating group) is 1. The number of aromatic nitrogens is 2. The molecule has 0 radical (unpaired) electrons. The zero-order chi connectivity index (χ0) is 14.6. The van der Waals surface area contributed by atoms with E-state index in [2.05, 4.69) is 15.0 Å². The summed E-state index contributed by atoms with van der Waals surface area (Å²) in [6.45, 7) is 0.850. The molecule has 112 valence electrons. The van der Waals surface area contributed by atoms with Gasteiger partial charge in [-0.05, 0) is 26.9 Å². The lowest BCUT2D eigenvalue weighted by Crippen LogP contribution is -2.35. The Bertz CT molecular complexity index is 450. The fourth-order valence-corrected chi connectivity index (χ4v) is 2.77. The van der Waals surface area contributed by atoms with Gasteiger partial charge in [-0.1, -0.05) is 24.4 Å². The molecular weight excluding hydrogens is 258 g/mol. The van der Waals surface area contributed by atoms with Gasteiger partial charge in [0.05, 0.1) is 5.41 Å². The van der Waals surface area contributed by atoms with Gasteiger partial charge in [-0.25, -0.2) is 0 Å². The highest BCUT2D eigenvalue weighted by Crippen LogP contribution is 2.39. The van der Waals surface area contributed by atoms with Crippen molar-refractivity contribution < 1.29 is 14.4 Å². The predicted molar refractivity (Wildman–Crippen MR) is 73.4 cm³/mol. The molecule has 0 aromatic carbocycles. The van der Waals surface area contributed by atoms with Gasteiger partial charge in [-0.3, -0.25) is 4.79 Å². The summed E-state index contributed by atoms with van der Waals surface area (Å²) in [5, 5.41) is 13.5. The van der Waals surface area contributed by atoms with Crippen molar-refractivity contribution in [3.05, 3.63) is 11.7 Å². The summed E-state index contributed by atoms with van der Waals surface area (Å²) < 4.78 is 5.23. The fourth-order valence-electron chi connectivity index (χ4n) is 2.77. The standard InChI is InChI=1S/C14H23N3O3/c1-17(2)9-6-11-15-12(20-16-11)10-14(13(18)19)7-4-3-5-8-14/h3-10H2,1-2H3,(H,18,19). The van der Waals surface area contributed by atoms with Gasteiger partial charge >= 0.3 is 5.97 Å². The second kappa shape index (κ2) is 6.35. The lowest BCUT2D eigenvalue weighted by atomic mass is 9.72. The summed E-state index contributed by atoms with van der Waals surface area (Å²) in [7, 11) is 3.98. The van der Waals surface area contributed by atoms with Crippen LogP contribution >= 0.6 is 0 Å². The summed E-state index contributed by atoms with van der Waals surface area (Å²) in [6, 6.07) is 0. The summed E-state index contributed by atoms with van der Waals surface area (Å²) in [6.07, 6.45) is 5.54. The molecule has 6 heteroatoms. The van der Waals surface area contributed by atoms with E-state index in [0.717, 1.165) is 32.2 Å². The first kappa shape index (κ1) is 15.0. The molecule has 1 N–H and O–H groups in total. The molecule has 1 aromatic rings. The van der Waals surface area contributed by atoms with Crippen molar-refractivity contribution in [1.82, 2.24) is 15.0 Å². The van der Waals surface area contributed by atoms with Gasteiger partial charge in [-0.15, -0.1) is 0 Å². The zero-order valence-electron chi connectivity index (χ0n) is 12.3. The minimum absolute atomic E-state index is 0.358. The molecule has 2 rings (SSSR count). The molecule has 1 aliphatic carbocycles. The van der Waals surface area contributed by atoms with E-state index >= 15 is 0 Å². The quantitative estimate of drug-likeness (QED) is 0.855. The van der Waals surface area contributed by atoms with E-state index in [9.17, 15) is 9.90 Å². The van der Waals surface area contributed by atoms with Crippen molar-refractivity contribution in [1.29, 1.82) is 0 Å². The van der Waals surface area contributed by atoms with Crippen molar-refractivity contribution in [3.8, 4) is 0 Å². The van der Waals surface area contributed by atoms with Crippen LogP contribution in [0.4, 0.5) is 0 Å². The molecule has 1 aromatic heterocycles. The van der Waals surface area contributed by atoms with Crippen LogP contribution in [0.2, 0.25) is 0 Å². The van der Waals surface area contributed by atoms with E-state index in [-0.39, 0.29) is 0 Å². The Labute approximate surface area is 119 Å². The summed E-state index contributed by atoms with van der Waals surface area (Å²) >= 11 is 0. The average molecular weight is 281 g/mol. The first-order valence-corrected chi connectivity index (χ1v) is 7.21. The van der Waals surface area contributed by atoms with Crippen LogP contribution in [0.3, 0.4) is 0 Å². The Morgan fingerprint density at radius 3 is 2.65 bits per heavy atom. The Morgan fingerprint density at radius 2 is 2.05 bits per heavy atom. The fraction of sp³-hybridized carbons (Fsp3) is 0.786. The monoisotopic (exact) mass is 281 g/mol. The number of rotatable bonds is 6. The van der Waals surface area contributed by atoms with Gasteiger partial charge in [0.2, 0.25) is 5.89 Å². The highest BCUT2D eigenvalue weighted by Gasteiger charge is 2.41. The van der Waals surface area contributed by atoms with Crippen LogP contribution < -0.4 is 0 Å². The second-order valence-corrected chi connectivity index (χ2v) is 5.98. The smallest absolute Gasteiger partial charge is 0.310 e. The third-order valence-electron chi connectivity index (χ3n) is 4.05. The van der Waals surface area contributed by atoms with E-state index < -0.39 is 11.4 Å². The van der Waals surface area contributed by atoms with Crippen molar-refractivity contribution in [2.24, 2.45) is 5.41 Å². The topological polar surface area (TPSA) is 79.5 Å². The van der Waals surface area contributed by atoms with Crippen LogP contribution in [0.5, 0.6) is 0 Å². The maximum Gasteiger partial charge on any atom is 0.310 e. The van der Waals surface area contributed by atoms with Gasteiger partial charge in [0.15, 0.2) is 5.82 Å². The van der Waals surface area contributed by atoms with E-state index in [0.29, 0.717) is 31.0 Å². The van der Waals surface area contributed by atoms with E-state index in [1.54, 1.807) is 0 Å². The normalized spacial score (nSPS) is 18.4. The maximum absolute atomic E-state index is 11.6. The molecule has 1 fully saturated rings. The largest absolute Gasteiger partial charge is 0.481 e. The summed E-state index contributed by atoms with van der Waals surface area (Å²) in [5.41, 5.74) is -0.705. The number of nitrogens with zero attached hydrogens (tertiary/aromatic N) is 3. The maximum atomic E-state index is 11.6. The zero-order valence-corrected chi connectivity index (χ0v) is 12.3. The molecule has 6 nitrogen and oxygen atoms in total. The molecular formula is C14H23N3O3. The van der Waals surface area contributed by atoms with Gasteiger partial charge in [-0.2, -0.15) is 4.98 Å². The third-order valence-corrected chi connectivity index (χ3v) is 4.05. The number of carboxylic acid groups (broad SMARTS) is 1. The van der Waals surface area contributed by atoms with Crippen LogP contribution in [0.1, 0.15) is 43.8 Å². The first-order chi connectivity index (χ1) is 9.52. The van der Waals surface area contributed by atoms with Crippen molar-refractivity contribution in [3.63, 3.8) is 0 Å². The number of carbonyl (C=O) groups is 1. The molecule has 0 amide bonds. The van der Waals surface area contributed by atoms with E-state index in [4.69, 9.17) is 4.52 Å². The number of hydrogen-bond donors (Lipinski definition) is 1.